The number of aromatic hydroxyl groups is 1. The third-order valence-electron chi connectivity index (χ3n) is 1.68. The molecule has 0 aliphatic heterocycles. The molecule has 0 saturated heterocycles. The molecule has 0 heterocycles. The average molecular weight is 619 g/mol. The number of hydrogen-bond donors (Lipinski definition) is 1. The Labute approximate surface area is 125 Å². The van der Waals surface area contributed by atoms with E-state index in [-0.39, 0.29) is 62.2 Å². The minimum atomic E-state index is 0. The molecule has 1 nitrogen and oxygen atoms in total. The van der Waals surface area contributed by atoms with Crippen LogP contribution < -0.4 is 0 Å². The minimum Gasteiger partial charge on any atom is -0.527 e. The van der Waals surface area contributed by atoms with Crippen LogP contribution in [-0.2, 0) is 0 Å². The molecule has 0 bridgehead atoms. The predicted octanol–water partition coefficient (Wildman–Crippen LogP) is 2.35. The smallest absolute Gasteiger partial charge is 0.0417 e. The Balaban J connectivity index is 0.000000720. The van der Waals surface area contributed by atoms with Gasteiger partial charge < -0.3 is 5.11 Å². The maximum atomic E-state index is 9.35. The van der Waals surface area contributed by atoms with Crippen molar-refractivity contribution in [3.8, 4) is 5.75 Å². The van der Waals surface area contributed by atoms with E-state index >= 15 is 0 Å². The van der Waals surface area contributed by atoms with Crippen molar-refractivity contribution in [1.82, 2.24) is 0 Å². The van der Waals surface area contributed by atoms with Gasteiger partial charge in [0.25, 0.3) is 0 Å². The number of fused-ring (bicyclic) bond motifs is 1. The summed E-state index contributed by atoms with van der Waals surface area (Å²) < 4.78 is 0. The zero-order chi connectivity index (χ0) is 7.68. The van der Waals surface area contributed by atoms with Crippen LogP contribution in [0.5, 0.6) is 5.75 Å². The third-order valence-corrected chi connectivity index (χ3v) is 1.68. The Morgan fingerprint density at radius 3 is 2.38 bits per heavy atom. The second-order valence-corrected chi connectivity index (χ2v) is 2.41. The van der Waals surface area contributed by atoms with E-state index < -0.39 is 0 Å². The fourth-order valence-corrected chi connectivity index (χ4v) is 1.13. The molecule has 0 unspecified atom stereocenters. The molecule has 0 fully saturated rings. The van der Waals surface area contributed by atoms with Crippen LogP contribution in [0.2, 0.25) is 0 Å². The average Bonchev–Trinajstić information content (AvgIpc) is 2.06. The molecule has 0 aliphatic carbocycles. The van der Waals surface area contributed by atoms with E-state index in [1.165, 1.54) is 0 Å². The van der Waals surface area contributed by atoms with Crippen molar-refractivity contribution in [2.45, 2.75) is 0 Å². The number of benzene rings is 2. The van der Waals surface area contributed by atoms with Crippen molar-refractivity contribution in [3.05, 3.63) is 42.5 Å². The van der Waals surface area contributed by atoms with Gasteiger partial charge in [-0.05, 0) is 0 Å². The molecule has 3 heteroatoms. The van der Waals surface area contributed by atoms with E-state index in [4.69, 9.17) is 0 Å². The summed E-state index contributed by atoms with van der Waals surface area (Å²) in [5.41, 5.74) is 0. The van der Waals surface area contributed by atoms with Crippen LogP contribution in [0.15, 0.2) is 36.4 Å². The van der Waals surface area contributed by atoms with Crippen molar-refractivity contribution >= 4 is 10.8 Å². The summed E-state index contributed by atoms with van der Waals surface area (Å²) in [4.78, 5) is 0. The third kappa shape index (κ3) is 3.04. The van der Waals surface area contributed by atoms with Crippen LogP contribution in [0, 0.1) is 68.3 Å². The van der Waals surface area contributed by atoms with Gasteiger partial charge in [-0.2, -0.15) is 0 Å². The molecule has 62 valence electrons. The zero-order valence-corrected chi connectivity index (χ0v) is 15.2. The van der Waals surface area contributed by atoms with Crippen molar-refractivity contribution < 1.29 is 67.3 Å². The van der Waals surface area contributed by atoms with Crippen LogP contribution in [0.3, 0.4) is 0 Å². The Morgan fingerprint density at radius 1 is 1.00 bits per heavy atom. The maximum Gasteiger partial charge on any atom is 0.0417 e. The summed E-state index contributed by atoms with van der Waals surface area (Å²) in [7, 11) is 0. The number of hydrogen-bond acceptors (Lipinski definition) is 1. The van der Waals surface area contributed by atoms with Crippen molar-refractivity contribution in [2.24, 2.45) is 0 Å². The fraction of sp³-hybridized carbons (Fsp3) is 0. The summed E-state index contributed by atoms with van der Waals surface area (Å²) >= 11 is 0. The monoisotopic (exact) mass is 619 g/mol. The second kappa shape index (κ2) is 6.16. The van der Waals surface area contributed by atoms with Gasteiger partial charge in [-0.1, -0.05) is 17.5 Å². The largest absolute Gasteiger partial charge is 0.527 e. The van der Waals surface area contributed by atoms with E-state index in [2.05, 4.69) is 6.07 Å². The molecule has 0 atom stereocenters. The summed E-state index contributed by atoms with van der Waals surface area (Å²) in [6, 6.07) is 14.0. The molecule has 2 aromatic rings. The van der Waals surface area contributed by atoms with Gasteiger partial charge in [0.15, 0.2) is 0 Å². The van der Waals surface area contributed by atoms with E-state index in [1.807, 2.05) is 24.3 Å². The van der Waals surface area contributed by atoms with Crippen LogP contribution >= 0.6 is 0 Å². The first-order chi connectivity index (χ1) is 5.38. The van der Waals surface area contributed by atoms with Crippen LogP contribution in [0.1, 0.15) is 0 Å². The molecule has 0 saturated carbocycles. The first-order valence-corrected chi connectivity index (χ1v) is 3.46. The topological polar surface area (TPSA) is 20.2 Å². The number of phenolic OH excluding ortho intramolecular Hbond substituents is 1. The van der Waals surface area contributed by atoms with Gasteiger partial charge in [0, 0.05) is 68.0 Å². The molecule has 0 spiro atoms. The Morgan fingerprint density at radius 2 is 1.69 bits per heavy atom. The standard InChI is InChI=1S/C10H7O.2U/c11-10-7-3-5-8-4-1-2-6-9(8)10;;/h1-4,6-7,11H;;/q-1;;. The van der Waals surface area contributed by atoms with E-state index in [0.717, 1.165) is 10.8 Å². The van der Waals surface area contributed by atoms with Gasteiger partial charge in [-0.25, -0.2) is 0 Å². The Hall–Kier alpha value is 0.604. The van der Waals surface area contributed by atoms with Crippen molar-refractivity contribution in [1.29, 1.82) is 0 Å². The van der Waals surface area contributed by atoms with Gasteiger partial charge >= 0.3 is 0 Å². The molecule has 0 aliphatic rings. The van der Waals surface area contributed by atoms with E-state index in [0.29, 0.717) is 5.75 Å². The van der Waals surface area contributed by atoms with Gasteiger partial charge in [0.2, 0.25) is 0 Å². The molecule has 0 amide bonds. The predicted molar refractivity (Wildman–Crippen MR) is 44.4 cm³/mol. The first-order valence-electron chi connectivity index (χ1n) is 3.46. The normalized spacial score (nSPS) is 8.62. The van der Waals surface area contributed by atoms with Crippen molar-refractivity contribution in [2.75, 3.05) is 0 Å². The van der Waals surface area contributed by atoms with Gasteiger partial charge in [0.05, 0.1) is 0 Å². The molecule has 2 rings (SSSR count). The molecule has 2 aromatic carbocycles. The summed E-state index contributed by atoms with van der Waals surface area (Å²) in [6.45, 7) is 0. The minimum absolute atomic E-state index is 0. The van der Waals surface area contributed by atoms with Gasteiger partial charge in [-0.3, -0.25) is 0 Å². The molecular weight excluding hydrogens is 612 g/mol. The van der Waals surface area contributed by atoms with Crippen LogP contribution in [0.4, 0.5) is 0 Å². The summed E-state index contributed by atoms with van der Waals surface area (Å²) in [5.74, 6) is 0.319. The maximum absolute atomic E-state index is 9.35. The molecule has 1 N–H and O–H groups in total. The molecule has 13 heavy (non-hydrogen) atoms. The first kappa shape index (κ1) is 13.6. The van der Waals surface area contributed by atoms with Crippen molar-refractivity contribution in [3.63, 3.8) is 0 Å². The summed E-state index contributed by atoms with van der Waals surface area (Å²) in [5, 5.41) is 11.2. The number of phenols is 1. The van der Waals surface area contributed by atoms with Gasteiger partial charge in [0.1, 0.15) is 0 Å². The van der Waals surface area contributed by atoms with Crippen LogP contribution in [-0.4, -0.2) is 5.11 Å². The van der Waals surface area contributed by atoms with E-state index in [1.54, 1.807) is 12.1 Å². The molecule has 0 aromatic heterocycles. The quantitative estimate of drug-likeness (QED) is 0.450. The SMILES string of the molecule is Oc1cc[c-]c2ccccc12.[U].[U]. The Kier molecular flexibility index (Phi) is 6.44. The molecular formula is C10H7OU2-. The zero-order valence-electron chi connectivity index (χ0n) is 6.91. The fourth-order valence-electron chi connectivity index (χ4n) is 1.13. The van der Waals surface area contributed by atoms with Gasteiger partial charge in [-0.15, -0.1) is 35.7 Å². The number of rotatable bonds is 0. The molecule has 0 radical (unpaired) electrons. The second-order valence-electron chi connectivity index (χ2n) is 2.41. The Bertz CT molecular complexity index is 382. The van der Waals surface area contributed by atoms with Crippen LogP contribution in [0.25, 0.3) is 10.8 Å². The summed E-state index contributed by atoms with van der Waals surface area (Å²) in [6.07, 6.45) is 0. The van der Waals surface area contributed by atoms with E-state index in [9.17, 15) is 5.11 Å².